The smallest absolute Gasteiger partial charge is 0.268 e. The zero-order valence-corrected chi connectivity index (χ0v) is 19.2. The quantitative estimate of drug-likeness (QED) is 0.621. The molecule has 2 atom stereocenters. The van der Waals surface area contributed by atoms with Crippen LogP contribution < -0.4 is 23.8 Å². The normalized spacial score (nSPS) is 17.3. The molecule has 1 saturated heterocycles. The van der Waals surface area contributed by atoms with Crippen molar-refractivity contribution in [3.63, 3.8) is 0 Å². The Kier molecular flexibility index (Phi) is 7.57. The second-order valence-corrected chi connectivity index (χ2v) is 8.32. The summed E-state index contributed by atoms with van der Waals surface area (Å²) >= 11 is 0. The second-order valence-electron chi connectivity index (χ2n) is 8.32. The molecule has 0 aromatic heterocycles. The average molecular weight is 457 g/mol. The number of methoxy groups -OCH3 is 1. The van der Waals surface area contributed by atoms with E-state index in [0.717, 1.165) is 25.9 Å². The number of benzene rings is 2. The first-order valence-corrected chi connectivity index (χ1v) is 11.5. The number of hydrogen-bond donors (Lipinski definition) is 1. The number of rotatable bonds is 9. The number of aliphatic hydroxyl groups excluding tert-OH is 1. The van der Waals surface area contributed by atoms with Gasteiger partial charge in [-0.2, -0.15) is 0 Å². The van der Waals surface area contributed by atoms with Crippen LogP contribution in [0.15, 0.2) is 42.5 Å². The highest BCUT2D eigenvalue weighted by Crippen LogP contribution is 2.35. The highest BCUT2D eigenvalue weighted by molar-refractivity contribution is 5.97. The number of nitrogens with zero attached hydrogens (tertiary/aromatic N) is 2. The van der Waals surface area contributed by atoms with E-state index in [9.17, 15) is 9.90 Å². The first-order valence-electron chi connectivity index (χ1n) is 11.5. The monoisotopic (exact) mass is 456 g/mol. The van der Waals surface area contributed by atoms with Gasteiger partial charge < -0.3 is 33.9 Å². The maximum atomic E-state index is 13.7. The molecule has 4 rings (SSSR count). The molecule has 1 amide bonds. The second kappa shape index (κ2) is 10.8. The maximum absolute atomic E-state index is 13.7. The number of amides is 1. The predicted octanol–water partition coefficient (Wildman–Crippen LogP) is 2.72. The lowest BCUT2D eigenvalue weighted by Gasteiger charge is -2.35. The zero-order chi connectivity index (χ0) is 23.2. The number of fused-ring (bicyclic) bond motifs is 1. The van der Waals surface area contributed by atoms with Gasteiger partial charge >= 0.3 is 0 Å². The van der Waals surface area contributed by atoms with Crippen molar-refractivity contribution < 1.29 is 28.8 Å². The van der Waals surface area contributed by atoms with E-state index in [1.807, 2.05) is 12.1 Å². The Bertz CT molecular complexity index is 929. The van der Waals surface area contributed by atoms with E-state index < -0.39 is 12.1 Å². The fourth-order valence-electron chi connectivity index (χ4n) is 4.29. The SMILES string of the molecule is COc1ccc(O[C@@H](C)C(=O)N(c2ccc3c(c2)OCCO3)[C@@H](CO)CN2CCCC2)cc1. The molecule has 0 aliphatic carbocycles. The minimum atomic E-state index is -0.765. The third kappa shape index (κ3) is 5.51. The Labute approximate surface area is 194 Å². The topological polar surface area (TPSA) is 80.7 Å². The Balaban J connectivity index is 1.59. The van der Waals surface area contributed by atoms with Gasteiger partial charge in [0, 0.05) is 18.3 Å². The zero-order valence-electron chi connectivity index (χ0n) is 19.2. The van der Waals surface area contributed by atoms with E-state index in [1.165, 1.54) is 0 Å². The molecule has 2 heterocycles. The number of likely N-dealkylation sites (tertiary alicyclic amines) is 1. The molecule has 0 bridgehead atoms. The number of carbonyl (C=O) groups is 1. The summed E-state index contributed by atoms with van der Waals surface area (Å²) < 4.78 is 22.5. The summed E-state index contributed by atoms with van der Waals surface area (Å²) in [7, 11) is 1.60. The van der Waals surface area contributed by atoms with Crippen LogP contribution in [0.5, 0.6) is 23.0 Å². The van der Waals surface area contributed by atoms with Gasteiger partial charge in [0.25, 0.3) is 5.91 Å². The van der Waals surface area contributed by atoms with Crippen LogP contribution >= 0.6 is 0 Å². The number of aliphatic hydroxyl groups is 1. The minimum absolute atomic E-state index is 0.161. The van der Waals surface area contributed by atoms with E-state index in [-0.39, 0.29) is 12.5 Å². The largest absolute Gasteiger partial charge is 0.497 e. The molecule has 0 unspecified atom stereocenters. The van der Waals surface area contributed by atoms with Crippen LogP contribution in [-0.2, 0) is 4.79 Å². The van der Waals surface area contributed by atoms with Crippen molar-refractivity contribution in [1.29, 1.82) is 0 Å². The molecule has 2 aliphatic rings. The van der Waals surface area contributed by atoms with Crippen molar-refractivity contribution in [2.45, 2.75) is 31.9 Å². The fourth-order valence-corrected chi connectivity index (χ4v) is 4.29. The van der Waals surface area contributed by atoms with Gasteiger partial charge in [0.15, 0.2) is 17.6 Å². The maximum Gasteiger partial charge on any atom is 0.268 e. The lowest BCUT2D eigenvalue weighted by molar-refractivity contribution is -0.125. The van der Waals surface area contributed by atoms with Crippen LogP contribution in [0.3, 0.4) is 0 Å². The molecule has 178 valence electrons. The van der Waals surface area contributed by atoms with Gasteiger partial charge in [-0.15, -0.1) is 0 Å². The molecule has 0 spiro atoms. The Morgan fingerprint density at radius 3 is 2.39 bits per heavy atom. The molecule has 8 heteroatoms. The Morgan fingerprint density at radius 2 is 1.73 bits per heavy atom. The Morgan fingerprint density at radius 1 is 1.06 bits per heavy atom. The van der Waals surface area contributed by atoms with Crippen LogP contribution in [0.1, 0.15) is 19.8 Å². The van der Waals surface area contributed by atoms with Crippen molar-refractivity contribution >= 4 is 11.6 Å². The van der Waals surface area contributed by atoms with Gasteiger partial charge in [0.1, 0.15) is 24.7 Å². The molecular formula is C25H32N2O6. The van der Waals surface area contributed by atoms with E-state index in [4.69, 9.17) is 18.9 Å². The van der Waals surface area contributed by atoms with Gasteiger partial charge in [-0.3, -0.25) is 4.79 Å². The van der Waals surface area contributed by atoms with E-state index in [1.54, 1.807) is 49.3 Å². The predicted molar refractivity (Wildman–Crippen MR) is 125 cm³/mol. The van der Waals surface area contributed by atoms with Gasteiger partial charge in [-0.25, -0.2) is 0 Å². The number of hydrogen-bond acceptors (Lipinski definition) is 7. The van der Waals surface area contributed by atoms with Gasteiger partial charge in [-0.1, -0.05) is 0 Å². The lowest BCUT2D eigenvalue weighted by Crippen LogP contribution is -2.52. The van der Waals surface area contributed by atoms with E-state index in [2.05, 4.69) is 4.90 Å². The van der Waals surface area contributed by atoms with Crippen LogP contribution in [0, 0.1) is 0 Å². The summed E-state index contributed by atoms with van der Waals surface area (Å²) in [4.78, 5) is 17.6. The van der Waals surface area contributed by atoms with Crippen LogP contribution in [0.2, 0.25) is 0 Å². The standard InChI is InChI=1S/C25H32N2O6/c1-18(33-22-8-6-21(30-2)7-9-22)25(29)27(20(17-28)16-26-11-3-4-12-26)19-5-10-23-24(15-19)32-14-13-31-23/h5-10,15,18,20,28H,3-4,11-14,16-17H2,1-2H3/t18-,20+/m0/s1. The molecule has 0 saturated carbocycles. The summed E-state index contributed by atoms with van der Waals surface area (Å²) in [6.45, 7) is 5.05. The summed E-state index contributed by atoms with van der Waals surface area (Å²) in [5.74, 6) is 2.29. The highest BCUT2D eigenvalue weighted by Gasteiger charge is 2.32. The van der Waals surface area contributed by atoms with Crippen molar-refractivity contribution in [1.82, 2.24) is 4.90 Å². The van der Waals surface area contributed by atoms with Gasteiger partial charge in [0.2, 0.25) is 0 Å². The third-order valence-corrected chi connectivity index (χ3v) is 6.00. The molecule has 2 aromatic rings. The summed E-state index contributed by atoms with van der Waals surface area (Å²) in [6.07, 6.45) is 1.50. The first kappa shape index (κ1) is 23.2. The lowest BCUT2D eigenvalue weighted by atomic mass is 10.1. The highest BCUT2D eigenvalue weighted by atomic mass is 16.6. The van der Waals surface area contributed by atoms with Crippen molar-refractivity contribution in [3.05, 3.63) is 42.5 Å². The molecule has 0 radical (unpaired) electrons. The van der Waals surface area contributed by atoms with Crippen molar-refractivity contribution in [2.24, 2.45) is 0 Å². The molecule has 1 N–H and O–H groups in total. The van der Waals surface area contributed by atoms with E-state index >= 15 is 0 Å². The fraction of sp³-hybridized carbons (Fsp3) is 0.480. The minimum Gasteiger partial charge on any atom is -0.497 e. The summed E-state index contributed by atoms with van der Waals surface area (Å²) in [6, 6.07) is 12.1. The van der Waals surface area contributed by atoms with Gasteiger partial charge in [0.05, 0.1) is 19.8 Å². The van der Waals surface area contributed by atoms with E-state index in [0.29, 0.717) is 48.4 Å². The first-order chi connectivity index (χ1) is 16.1. The number of carbonyl (C=O) groups excluding carboxylic acids is 1. The van der Waals surface area contributed by atoms with Crippen molar-refractivity contribution in [2.75, 3.05) is 51.5 Å². The molecule has 1 fully saturated rings. The third-order valence-electron chi connectivity index (χ3n) is 6.00. The van der Waals surface area contributed by atoms with Crippen LogP contribution in [0.25, 0.3) is 0 Å². The van der Waals surface area contributed by atoms with Crippen molar-refractivity contribution in [3.8, 4) is 23.0 Å². The molecule has 2 aromatic carbocycles. The number of anilines is 1. The summed E-state index contributed by atoms with van der Waals surface area (Å²) in [5.41, 5.74) is 0.646. The average Bonchev–Trinajstić information content (AvgIpc) is 3.37. The van der Waals surface area contributed by atoms with Crippen LogP contribution in [-0.4, -0.2) is 74.6 Å². The van der Waals surface area contributed by atoms with Crippen LogP contribution in [0.4, 0.5) is 5.69 Å². The summed E-state index contributed by atoms with van der Waals surface area (Å²) in [5, 5.41) is 10.3. The number of ether oxygens (including phenoxy) is 4. The molecular weight excluding hydrogens is 424 g/mol. The van der Waals surface area contributed by atoms with Gasteiger partial charge in [-0.05, 0) is 69.3 Å². The molecule has 33 heavy (non-hydrogen) atoms. The molecule has 8 nitrogen and oxygen atoms in total. The Hall–Kier alpha value is -2.97. The molecule has 2 aliphatic heterocycles.